The Morgan fingerprint density at radius 1 is 1.20 bits per heavy atom. The van der Waals surface area contributed by atoms with E-state index in [0.717, 1.165) is 31.2 Å². The number of aryl methyl sites for hydroxylation is 1. The molecule has 1 saturated heterocycles. The zero-order chi connectivity index (χ0) is 21.9. The molecule has 1 aromatic carbocycles. The van der Waals surface area contributed by atoms with E-state index in [4.69, 9.17) is 0 Å². The number of anilines is 1. The number of sulfonamides is 1. The molecule has 1 heterocycles. The van der Waals surface area contributed by atoms with Gasteiger partial charge in [-0.3, -0.25) is 14.5 Å². The Morgan fingerprint density at radius 2 is 1.87 bits per heavy atom. The molecule has 3 rings (SSSR count). The third kappa shape index (κ3) is 4.39. The summed E-state index contributed by atoms with van der Waals surface area (Å²) in [6.07, 6.45) is 5.14. The highest BCUT2D eigenvalue weighted by Crippen LogP contribution is 2.34. The van der Waals surface area contributed by atoms with Gasteiger partial charge < -0.3 is 5.32 Å². The lowest BCUT2D eigenvalue weighted by Gasteiger charge is -2.47. The molecule has 1 aromatic rings. The van der Waals surface area contributed by atoms with Crippen LogP contribution in [0.25, 0.3) is 0 Å². The first-order valence-corrected chi connectivity index (χ1v) is 12.5. The van der Waals surface area contributed by atoms with E-state index in [1.54, 1.807) is 13.8 Å². The third-order valence-electron chi connectivity index (χ3n) is 6.19. The Hall–Kier alpha value is -1.93. The normalized spacial score (nSPS) is 23.7. The Kier molecular flexibility index (Phi) is 6.87. The fourth-order valence-corrected chi connectivity index (χ4v) is 6.09. The summed E-state index contributed by atoms with van der Waals surface area (Å²) in [7, 11) is -3.61. The van der Waals surface area contributed by atoms with Crippen LogP contribution in [0.2, 0.25) is 0 Å². The van der Waals surface area contributed by atoms with Gasteiger partial charge in [0, 0.05) is 18.3 Å². The third-order valence-corrected chi connectivity index (χ3v) is 8.16. The van der Waals surface area contributed by atoms with E-state index in [1.165, 1.54) is 9.21 Å². The number of hydrogen-bond donors (Lipinski definition) is 1. The van der Waals surface area contributed by atoms with Crippen LogP contribution in [-0.2, 0) is 26.0 Å². The van der Waals surface area contributed by atoms with E-state index in [-0.39, 0.29) is 36.7 Å². The van der Waals surface area contributed by atoms with Crippen LogP contribution in [0, 0.1) is 0 Å². The summed E-state index contributed by atoms with van der Waals surface area (Å²) in [4.78, 5) is 28.4. The topological polar surface area (TPSA) is 86.8 Å². The van der Waals surface area contributed by atoms with Gasteiger partial charge in [0.25, 0.3) is 0 Å². The summed E-state index contributed by atoms with van der Waals surface area (Å²) < 4.78 is 26.7. The average molecular weight is 436 g/mol. The van der Waals surface area contributed by atoms with Gasteiger partial charge in [0.15, 0.2) is 0 Å². The maximum atomic E-state index is 13.5. The first-order valence-electron chi connectivity index (χ1n) is 10.9. The van der Waals surface area contributed by atoms with Gasteiger partial charge in [0.1, 0.15) is 5.54 Å². The van der Waals surface area contributed by atoms with Crippen LogP contribution in [0.4, 0.5) is 5.69 Å². The maximum Gasteiger partial charge on any atom is 0.247 e. The zero-order valence-electron chi connectivity index (χ0n) is 18.2. The molecule has 166 valence electrons. The SMILES string of the molecule is CCCS(=O)(=O)N1CC(=O)N(c2ccccc2CC)C(C)(C(=O)NC2CCCC2)C1. The van der Waals surface area contributed by atoms with Gasteiger partial charge in [-0.15, -0.1) is 0 Å². The molecule has 7 nitrogen and oxygen atoms in total. The predicted octanol–water partition coefficient (Wildman–Crippen LogP) is 2.45. The van der Waals surface area contributed by atoms with Crippen molar-refractivity contribution in [3.8, 4) is 0 Å². The van der Waals surface area contributed by atoms with E-state index >= 15 is 0 Å². The molecule has 0 radical (unpaired) electrons. The summed E-state index contributed by atoms with van der Waals surface area (Å²) in [6.45, 7) is 5.19. The summed E-state index contributed by atoms with van der Waals surface area (Å²) in [5.74, 6) is -0.692. The second-order valence-electron chi connectivity index (χ2n) is 8.52. The fraction of sp³-hybridized carbons (Fsp3) is 0.636. The van der Waals surface area contributed by atoms with Gasteiger partial charge in [-0.1, -0.05) is 44.9 Å². The van der Waals surface area contributed by atoms with Crippen LogP contribution < -0.4 is 10.2 Å². The Morgan fingerprint density at radius 3 is 2.50 bits per heavy atom. The number of carbonyl (C=O) groups is 2. The number of rotatable bonds is 7. The van der Waals surface area contributed by atoms with Crippen molar-refractivity contribution in [2.75, 3.05) is 23.7 Å². The largest absolute Gasteiger partial charge is 0.351 e. The number of benzene rings is 1. The molecule has 2 amide bonds. The molecule has 1 N–H and O–H groups in total. The van der Waals surface area contributed by atoms with E-state index in [0.29, 0.717) is 18.5 Å². The smallest absolute Gasteiger partial charge is 0.247 e. The molecule has 1 aliphatic heterocycles. The molecule has 1 atom stereocenters. The molecule has 1 unspecified atom stereocenters. The Bertz CT molecular complexity index is 895. The molecule has 0 spiro atoms. The molecule has 1 aliphatic carbocycles. The second-order valence-corrected chi connectivity index (χ2v) is 10.6. The Labute approximate surface area is 179 Å². The van der Waals surface area contributed by atoms with Crippen LogP contribution in [0.3, 0.4) is 0 Å². The van der Waals surface area contributed by atoms with Gasteiger partial charge in [0.05, 0.1) is 12.3 Å². The van der Waals surface area contributed by atoms with Crippen molar-refractivity contribution in [2.45, 2.75) is 70.9 Å². The summed E-state index contributed by atoms with van der Waals surface area (Å²) in [6, 6.07) is 7.61. The summed E-state index contributed by atoms with van der Waals surface area (Å²) in [5, 5.41) is 3.10. The number of para-hydroxylation sites is 1. The van der Waals surface area contributed by atoms with E-state index in [2.05, 4.69) is 5.32 Å². The standard InChI is InChI=1S/C22H33N3O4S/c1-4-14-30(28,29)24-15-20(26)25(19-13-9-6-10-17(19)5-2)22(3,16-24)21(27)23-18-11-7-8-12-18/h6,9-10,13,18H,4-5,7-8,11-12,14-16H2,1-3H3,(H,23,27). The summed E-state index contributed by atoms with van der Waals surface area (Å²) in [5.41, 5.74) is 0.321. The fourth-order valence-electron chi connectivity index (χ4n) is 4.56. The van der Waals surface area contributed by atoms with Gasteiger partial charge in [-0.2, -0.15) is 4.31 Å². The first-order chi connectivity index (χ1) is 14.2. The molecule has 0 bridgehead atoms. The molecule has 2 aliphatic rings. The number of nitrogens with one attached hydrogen (secondary N) is 1. The molecule has 2 fully saturated rings. The maximum absolute atomic E-state index is 13.5. The van der Waals surface area contributed by atoms with E-state index in [9.17, 15) is 18.0 Å². The number of hydrogen-bond acceptors (Lipinski definition) is 4. The van der Waals surface area contributed by atoms with Crippen LogP contribution >= 0.6 is 0 Å². The first kappa shape index (κ1) is 22.7. The number of amides is 2. The molecule has 8 heteroatoms. The highest BCUT2D eigenvalue weighted by Gasteiger charge is 2.51. The second kappa shape index (κ2) is 9.06. The van der Waals surface area contributed by atoms with Gasteiger partial charge >= 0.3 is 0 Å². The lowest BCUT2D eigenvalue weighted by atomic mass is 9.92. The number of piperazine rings is 1. The van der Waals surface area contributed by atoms with Gasteiger partial charge in [-0.05, 0) is 44.2 Å². The van der Waals surface area contributed by atoms with Crippen molar-refractivity contribution in [1.82, 2.24) is 9.62 Å². The monoisotopic (exact) mass is 435 g/mol. The van der Waals surface area contributed by atoms with Crippen molar-refractivity contribution in [3.05, 3.63) is 29.8 Å². The van der Waals surface area contributed by atoms with E-state index in [1.807, 2.05) is 31.2 Å². The minimum atomic E-state index is -3.61. The van der Waals surface area contributed by atoms with Gasteiger partial charge in [-0.25, -0.2) is 8.42 Å². The molecular weight excluding hydrogens is 402 g/mol. The molecule has 1 saturated carbocycles. The van der Waals surface area contributed by atoms with Crippen LogP contribution in [0.1, 0.15) is 58.4 Å². The lowest BCUT2D eigenvalue weighted by Crippen LogP contribution is -2.71. The quantitative estimate of drug-likeness (QED) is 0.713. The zero-order valence-corrected chi connectivity index (χ0v) is 19.0. The number of nitrogens with zero attached hydrogens (tertiary/aromatic N) is 2. The highest BCUT2D eigenvalue weighted by molar-refractivity contribution is 7.89. The van der Waals surface area contributed by atoms with Crippen molar-refractivity contribution in [2.24, 2.45) is 0 Å². The minimum absolute atomic E-state index is 0.0356. The van der Waals surface area contributed by atoms with Gasteiger partial charge in [0.2, 0.25) is 21.8 Å². The lowest BCUT2D eigenvalue weighted by molar-refractivity contribution is -0.133. The summed E-state index contributed by atoms with van der Waals surface area (Å²) >= 11 is 0. The predicted molar refractivity (Wildman–Crippen MR) is 118 cm³/mol. The average Bonchev–Trinajstić information content (AvgIpc) is 3.20. The van der Waals surface area contributed by atoms with E-state index < -0.39 is 15.6 Å². The number of carbonyl (C=O) groups excluding carboxylic acids is 2. The Balaban J connectivity index is 2.03. The molecule has 0 aromatic heterocycles. The van der Waals surface area contributed by atoms with Crippen molar-refractivity contribution in [3.63, 3.8) is 0 Å². The molecule has 30 heavy (non-hydrogen) atoms. The van der Waals surface area contributed by atoms with Crippen molar-refractivity contribution in [1.29, 1.82) is 0 Å². The minimum Gasteiger partial charge on any atom is -0.351 e. The van der Waals surface area contributed by atoms with Crippen molar-refractivity contribution < 1.29 is 18.0 Å². The van der Waals surface area contributed by atoms with Crippen LogP contribution in [0.15, 0.2) is 24.3 Å². The highest BCUT2D eigenvalue weighted by atomic mass is 32.2. The van der Waals surface area contributed by atoms with Crippen LogP contribution in [-0.4, -0.2) is 55.0 Å². The van der Waals surface area contributed by atoms with Crippen molar-refractivity contribution >= 4 is 27.5 Å². The molecular formula is C22H33N3O4S. The van der Waals surface area contributed by atoms with Crippen LogP contribution in [0.5, 0.6) is 0 Å².